The van der Waals surface area contributed by atoms with Gasteiger partial charge in [-0.25, -0.2) is 14.7 Å². The highest BCUT2D eigenvalue weighted by molar-refractivity contribution is 7.90. The number of benzene rings is 2. The van der Waals surface area contributed by atoms with Gasteiger partial charge in [-0.3, -0.25) is 4.79 Å². The highest BCUT2D eigenvalue weighted by atomic mass is 32.2. The number of ether oxygens (including phenoxy) is 3. The topological polar surface area (TPSA) is 143 Å². The second kappa shape index (κ2) is 10.9. The van der Waals surface area contributed by atoms with Crippen LogP contribution in [0.15, 0.2) is 65.7 Å². The van der Waals surface area contributed by atoms with E-state index in [1.54, 1.807) is 12.1 Å². The fourth-order valence-electron chi connectivity index (χ4n) is 4.41. The Bertz CT molecular complexity index is 1710. The molecular formula is C29H32N4O6S. The maximum atomic E-state index is 13.3. The lowest BCUT2D eigenvalue weighted by Gasteiger charge is -2.16. The summed E-state index contributed by atoms with van der Waals surface area (Å²) in [4.78, 5) is 21.8. The summed E-state index contributed by atoms with van der Waals surface area (Å²) in [6.07, 6.45) is 0.771. The molecule has 0 bridgehead atoms. The second-order valence-corrected chi connectivity index (χ2v) is 11.1. The first kappa shape index (κ1) is 26.9. The number of nitrogens with zero attached hydrogens (tertiary/aromatic N) is 2. The van der Waals surface area contributed by atoms with Gasteiger partial charge in [-0.1, -0.05) is 23.8 Å². The van der Waals surface area contributed by atoms with E-state index in [1.807, 2.05) is 49.8 Å². The number of nitrogens with two attached hydrogens (primary N) is 1. The molecule has 11 heteroatoms. The number of aryl methyl sites for hydroxylation is 3. The number of aromatic nitrogens is 2. The summed E-state index contributed by atoms with van der Waals surface area (Å²) in [5.41, 5.74) is 9.47. The smallest absolute Gasteiger partial charge is 0.281 e. The molecule has 210 valence electrons. The van der Waals surface area contributed by atoms with E-state index in [4.69, 9.17) is 19.9 Å². The molecule has 3 heterocycles. The van der Waals surface area contributed by atoms with E-state index in [1.165, 1.54) is 24.3 Å². The molecule has 0 saturated carbocycles. The van der Waals surface area contributed by atoms with E-state index in [9.17, 15) is 13.2 Å². The minimum Gasteiger partial charge on any atom is -0.490 e. The van der Waals surface area contributed by atoms with Gasteiger partial charge >= 0.3 is 0 Å². The number of hydrogen-bond acceptors (Lipinski definition) is 9. The molecule has 0 spiro atoms. The van der Waals surface area contributed by atoms with Crippen molar-refractivity contribution in [1.29, 1.82) is 0 Å². The van der Waals surface area contributed by atoms with Crippen molar-refractivity contribution in [2.75, 3.05) is 18.9 Å². The molecule has 0 unspecified atom stereocenters. The highest BCUT2D eigenvalue weighted by Crippen LogP contribution is 2.36. The number of hydrogen-bond donors (Lipinski definition) is 2. The summed E-state index contributed by atoms with van der Waals surface area (Å²) in [5.74, 6) is 0.758. The van der Waals surface area contributed by atoms with Crippen LogP contribution in [0.3, 0.4) is 0 Å². The van der Waals surface area contributed by atoms with Gasteiger partial charge in [0.05, 0.1) is 18.9 Å². The van der Waals surface area contributed by atoms with E-state index in [0.717, 1.165) is 23.1 Å². The van der Waals surface area contributed by atoms with Crippen molar-refractivity contribution in [2.24, 2.45) is 0 Å². The number of fused-ring (bicyclic) bond motifs is 1. The maximum absolute atomic E-state index is 13.3. The first-order chi connectivity index (χ1) is 19.1. The molecule has 0 saturated heterocycles. The zero-order valence-electron chi connectivity index (χ0n) is 22.2. The first-order valence-electron chi connectivity index (χ1n) is 12.6. The van der Waals surface area contributed by atoms with Crippen molar-refractivity contribution in [3.8, 4) is 34.4 Å². The van der Waals surface area contributed by atoms with Crippen LogP contribution in [0.1, 0.15) is 36.3 Å². The van der Waals surface area contributed by atoms with E-state index < -0.39 is 15.9 Å². The lowest BCUT2D eigenvalue weighted by molar-refractivity contribution is 0.0978. The number of pyridine rings is 2. The zero-order valence-corrected chi connectivity index (χ0v) is 23.0. The summed E-state index contributed by atoms with van der Waals surface area (Å²) >= 11 is 0. The Balaban J connectivity index is 0.00000242. The van der Waals surface area contributed by atoms with Crippen molar-refractivity contribution >= 4 is 21.7 Å². The Morgan fingerprint density at radius 3 is 2.40 bits per heavy atom. The van der Waals surface area contributed by atoms with E-state index in [0.29, 0.717) is 41.7 Å². The lowest BCUT2D eigenvalue weighted by Crippen LogP contribution is -2.31. The van der Waals surface area contributed by atoms with Gasteiger partial charge in [-0.05, 0) is 74.4 Å². The molecule has 2 aromatic heterocycles. The van der Waals surface area contributed by atoms with Gasteiger partial charge in [0.25, 0.3) is 15.9 Å². The quantitative estimate of drug-likeness (QED) is 0.322. The van der Waals surface area contributed by atoms with Crippen LogP contribution in [0.25, 0.3) is 11.3 Å². The SMILES string of the molecule is Cc1cc(C)c(Oc2nc(-c3ccc4c(c3)OCCCO4)ccc2C(=O)NS(=O)(=O)c2cccc(N)n2)c(C)c1.[HH].[HH]. The van der Waals surface area contributed by atoms with Crippen LogP contribution in [0.5, 0.6) is 23.1 Å². The minimum atomic E-state index is -4.32. The van der Waals surface area contributed by atoms with Crippen LogP contribution in [-0.2, 0) is 10.0 Å². The third kappa shape index (κ3) is 5.69. The fraction of sp³-hybridized carbons (Fsp3) is 0.207. The van der Waals surface area contributed by atoms with E-state index in [2.05, 4.69) is 9.97 Å². The molecule has 1 aliphatic rings. The van der Waals surface area contributed by atoms with Crippen LogP contribution in [0, 0.1) is 20.8 Å². The van der Waals surface area contributed by atoms with Gasteiger partial charge in [-0.15, -0.1) is 0 Å². The predicted molar refractivity (Wildman–Crippen MR) is 154 cm³/mol. The average molecular weight is 565 g/mol. The predicted octanol–water partition coefficient (Wildman–Crippen LogP) is 5.22. The Labute approximate surface area is 235 Å². The van der Waals surface area contributed by atoms with Gasteiger partial charge in [0.15, 0.2) is 16.5 Å². The lowest BCUT2D eigenvalue weighted by atomic mass is 10.1. The maximum Gasteiger partial charge on any atom is 0.281 e. The number of anilines is 1. The molecule has 0 atom stereocenters. The summed E-state index contributed by atoms with van der Waals surface area (Å²) in [7, 11) is -4.32. The number of sulfonamides is 1. The van der Waals surface area contributed by atoms with Gasteiger partial charge in [0, 0.05) is 14.8 Å². The van der Waals surface area contributed by atoms with Crippen molar-refractivity contribution in [3.05, 3.63) is 82.9 Å². The summed E-state index contributed by atoms with van der Waals surface area (Å²) in [5, 5.41) is -0.384. The molecule has 0 radical (unpaired) electrons. The number of amides is 1. The van der Waals surface area contributed by atoms with Gasteiger partial charge in [-0.2, -0.15) is 8.42 Å². The molecule has 40 heavy (non-hydrogen) atoms. The van der Waals surface area contributed by atoms with E-state index >= 15 is 0 Å². The van der Waals surface area contributed by atoms with Crippen LogP contribution in [0.2, 0.25) is 0 Å². The standard InChI is InChI=1S/C29H28N4O6S.2H2/c1-17-14-18(2)27(19(3)15-17)39-29-21(28(34)33-40(35,36)26-7-4-6-25(30)32-26)9-10-22(31-29)20-8-11-23-24(16-20)38-13-5-12-37-23;;/h4,6-11,14-16H,5,12-13H2,1-3H3,(H2,30,32)(H,33,34);2*1H. The van der Waals surface area contributed by atoms with Crippen molar-refractivity contribution in [2.45, 2.75) is 32.2 Å². The molecule has 10 nitrogen and oxygen atoms in total. The molecule has 5 rings (SSSR count). The molecule has 2 aromatic carbocycles. The largest absolute Gasteiger partial charge is 0.490 e. The number of carbonyl (C=O) groups excluding carboxylic acids is 1. The third-order valence-corrected chi connectivity index (χ3v) is 7.43. The second-order valence-electron chi connectivity index (χ2n) is 9.43. The molecule has 3 N–H and O–H groups in total. The number of nitrogen functional groups attached to an aromatic ring is 1. The molecule has 4 aromatic rings. The monoisotopic (exact) mass is 564 g/mol. The molecule has 1 amide bonds. The minimum absolute atomic E-state index is 0. The van der Waals surface area contributed by atoms with Crippen LogP contribution < -0.4 is 24.7 Å². The van der Waals surface area contributed by atoms with Crippen molar-refractivity contribution < 1.29 is 30.3 Å². The summed E-state index contributed by atoms with van der Waals surface area (Å²) in [6, 6.07) is 16.6. The molecule has 0 aliphatic carbocycles. The Morgan fingerprint density at radius 2 is 1.68 bits per heavy atom. The Kier molecular flexibility index (Phi) is 7.31. The first-order valence-corrected chi connectivity index (χ1v) is 14.1. The molecular weight excluding hydrogens is 532 g/mol. The number of carbonyl (C=O) groups is 1. The number of nitrogens with one attached hydrogen (secondary N) is 1. The average Bonchev–Trinajstić information content (AvgIpc) is 3.15. The van der Waals surface area contributed by atoms with Crippen molar-refractivity contribution in [3.63, 3.8) is 0 Å². The normalized spacial score (nSPS) is 12.9. The van der Waals surface area contributed by atoms with Crippen LogP contribution in [-0.4, -0.2) is 37.5 Å². The van der Waals surface area contributed by atoms with Gasteiger partial charge in [0.1, 0.15) is 17.1 Å². The van der Waals surface area contributed by atoms with Crippen LogP contribution in [0.4, 0.5) is 5.82 Å². The number of rotatable bonds is 6. The highest BCUT2D eigenvalue weighted by Gasteiger charge is 2.25. The van der Waals surface area contributed by atoms with E-state index in [-0.39, 0.29) is 25.1 Å². The molecule has 1 aliphatic heterocycles. The molecule has 0 fully saturated rings. The summed E-state index contributed by atoms with van der Waals surface area (Å²) < 4.78 is 45.6. The summed E-state index contributed by atoms with van der Waals surface area (Å²) in [6.45, 7) is 6.84. The zero-order chi connectivity index (χ0) is 28.4. The van der Waals surface area contributed by atoms with Crippen molar-refractivity contribution in [1.82, 2.24) is 14.7 Å². The van der Waals surface area contributed by atoms with Gasteiger partial charge < -0.3 is 19.9 Å². The fourth-order valence-corrected chi connectivity index (χ4v) is 5.35. The Hall–Kier alpha value is -4.64. The van der Waals surface area contributed by atoms with Gasteiger partial charge in [0.2, 0.25) is 5.88 Å². The Morgan fingerprint density at radius 1 is 0.950 bits per heavy atom. The third-order valence-electron chi connectivity index (χ3n) is 6.20. The van der Waals surface area contributed by atoms with Crippen LogP contribution >= 0.6 is 0 Å².